The summed E-state index contributed by atoms with van der Waals surface area (Å²) in [5.74, 6) is -6.82. The molecule has 2 aliphatic rings. The van der Waals surface area contributed by atoms with E-state index in [0.717, 1.165) is 10.9 Å². The van der Waals surface area contributed by atoms with Gasteiger partial charge < -0.3 is 79.3 Å². The number of aliphatic hydroxyl groups excluding tert-OH is 1. The molecule has 6 rings (SSSR count). The van der Waals surface area contributed by atoms with Gasteiger partial charge in [-0.05, 0) is 86.1 Å². The molecule has 0 radical (unpaired) electrons. The number of aromatic nitrogens is 3. The Bertz CT molecular complexity index is 3010. The first-order valence-electron chi connectivity index (χ1n) is 28.2. The minimum absolute atomic E-state index is 0.0498. The van der Waals surface area contributed by atoms with Gasteiger partial charge in [0.05, 0.1) is 24.4 Å². The number of fused-ring (bicyclic) bond motifs is 1. The number of aromatic amines is 1. The van der Waals surface area contributed by atoms with Crippen molar-refractivity contribution in [1.29, 1.82) is 0 Å². The first-order valence-corrected chi connectivity index (χ1v) is 28.2. The lowest BCUT2D eigenvalue weighted by atomic mass is 9.98. The summed E-state index contributed by atoms with van der Waals surface area (Å²) < 4.78 is 1.20. The number of imidazole rings is 1. The van der Waals surface area contributed by atoms with Crippen molar-refractivity contribution in [3.8, 4) is 5.75 Å². The van der Waals surface area contributed by atoms with Crippen LogP contribution in [0.15, 0.2) is 72.2 Å². The number of phenols is 1. The number of aromatic hydroxyl groups is 1. The van der Waals surface area contributed by atoms with E-state index >= 15 is 0 Å². The van der Waals surface area contributed by atoms with Gasteiger partial charge in [-0.15, -0.1) is 0 Å². The number of aliphatic imine (C=N–C) groups is 1. The second-order valence-corrected chi connectivity index (χ2v) is 22.1. The van der Waals surface area contributed by atoms with Crippen LogP contribution in [-0.4, -0.2) is 169 Å². The molecular weight excluding hydrogens is 1090 g/mol. The van der Waals surface area contributed by atoms with Crippen LogP contribution in [0.25, 0.3) is 10.9 Å². The molecule has 2 aromatic carbocycles. The summed E-state index contributed by atoms with van der Waals surface area (Å²) in [6.07, 6.45) is 6.62. The molecule has 0 spiro atoms. The first kappa shape index (κ1) is 64.4. The third kappa shape index (κ3) is 18.4. The molecule has 2 fully saturated rings. The fourth-order valence-corrected chi connectivity index (χ4v) is 10.1. The van der Waals surface area contributed by atoms with Gasteiger partial charge in [0.15, 0.2) is 5.96 Å². The lowest BCUT2D eigenvalue weighted by molar-refractivity contribution is -0.140. The molecule has 84 heavy (non-hydrogen) atoms. The van der Waals surface area contributed by atoms with Crippen molar-refractivity contribution in [1.82, 2.24) is 56.7 Å². The molecule has 4 aromatic rings. The number of aliphatic hydroxyl groups is 1. The van der Waals surface area contributed by atoms with Gasteiger partial charge in [-0.2, -0.15) is 0 Å². The largest absolute Gasteiger partial charge is 0.508 e. The Morgan fingerprint density at radius 3 is 1.95 bits per heavy atom. The molecule has 0 bridgehead atoms. The second-order valence-electron chi connectivity index (χ2n) is 22.1. The number of benzene rings is 2. The number of aldehydes is 1. The van der Waals surface area contributed by atoms with Gasteiger partial charge >= 0.3 is 0 Å². The van der Waals surface area contributed by atoms with Crippen molar-refractivity contribution in [2.75, 3.05) is 19.7 Å². The van der Waals surface area contributed by atoms with Crippen LogP contribution in [0.2, 0.25) is 0 Å². The Morgan fingerprint density at radius 1 is 0.762 bits per heavy atom. The number of rotatable bonds is 30. The Morgan fingerprint density at radius 2 is 1.35 bits per heavy atom. The van der Waals surface area contributed by atoms with E-state index in [-0.39, 0.29) is 93.1 Å². The number of guanidine groups is 1. The molecule has 454 valence electrons. The van der Waals surface area contributed by atoms with Gasteiger partial charge in [-0.1, -0.05) is 58.0 Å². The average molecular weight is 1170 g/mol. The number of carbonyl (C=O) groups excluding carboxylic acids is 10. The Balaban J connectivity index is 1.19. The summed E-state index contributed by atoms with van der Waals surface area (Å²) in [4.78, 5) is 149. The first-order chi connectivity index (χ1) is 40.0. The van der Waals surface area contributed by atoms with Crippen LogP contribution in [0, 0.1) is 11.8 Å². The summed E-state index contributed by atoms with van der Waals surface area (Å²) in [7, 11) is 0. The number of phenolic OH excluding ortho intramolecular Hbond substituents is 1. The number of nitrogens with two attached hydrogens (primary N) is 3. The number of nitrogens with zero attached hydrogens (tertiary/aromatic N) is 4. The summed E-state index contributed by atoms with van der Waals surface area (Å²) in [6.45, 7) is 6.75. The maximum absolute atomic E-state index is 14.6. The predicted octanol–water partition coefficient (Wildman–Crippen LogP) is -1.42. The number of H-pyrrole nitrogens is 1. The summed E-state index contributed by atoms with van der Waals surface area (Å²) in [6, 6.07) is 2.02. The van der Waals surface area contributed by atoms with E-state index in [1.54, 1.807) is 32.2 Å². The van der Waals surface area contributed by atoms with Crippen molar-refractivity contribution < 1.29 is 58.2 Å². The molecule has 8 amide bonds. The topological polar surface area (TPSA) is 423 Å². The number of likely N-dealkylation sites (tertiary alicyclic amines) is 1. The summed E-state index contributed by atoms with van der Waals surface area (Å²) >= 11 is 0. The molecule has 27 heteroatoms. The number of hydrogen-bond acceptors (Lipinski definition) is 15. The van der Waals surface area contributed by atoms with Crippen LogP contribution in [0.3, 0.4) is 0 Å². The Labute approximate surface area is 485 Å². The number of nitrogens with one attached hydrogen (secondary N) is 8. The van der Waals surface area contributed by atoms with E-state index in [1.807, 2.05) is 26.0 Å². The molecular formula is C57H79N15O12. The monoisotopic (exact) mass is 1170 g/mol. The molecule has 0 aliphatic carbocycles. The molecule has 4 heterocycles. The highest BCUT2D eigenvalue weighted by atomic mass is 16.3. The highest BCUT2D eigenvalue weighted by Gasteiger charge is 2.38. The zero-order chi connectivity index (χ0) is 61.2. The summed E-state index contributed by atoms with van der Waals surface area (Å²) in [5.41, 5.74) is 19.4. The van der Waals surface area contributed by atoms with Crippen LogP contribution in [-0.2, 0) is 62.4 Å². The quantitative estimate of drug-likeness (QED) is 0.0123. The average Bonchev–Trinajstić information content (AvgIpc) is 4.51. The van der Waals surface area contributed by atoms with Gasteiger partial charge in [0.1, 0.15) is 60.7 Å². The van der Waals surface area contributed by atoms with Crippen LogP contribution >= 0.6 is 0 Å². The number of amides is 8. The van der Waals surface area contributed by atoms with Crippen molar-refractivity contribution in [2.45, 2.75) is 153 Å². The standard InChI is InChI=1S/C57H79N15O12/c1-31(2)21-43(50(78)65-41(12-7-19-61-57(59)60)56(84)72-20-8-9-36(72)28-73)67-51(79)44(22-32(3)4)68-52(80)45(23-33-13-15-37(75)16-14-33)69-54(82)47(29-74)70-53(81)46(24-34-26-62-40-11-6-5-10-38(34)40)66-49(77)39(58)25-35-27-71(30-63-35)55(83)42-17-18-48(76)64-42/h5-6,10-11,13-16,26-28,30-32,36,39,41-47,62,74-75H,7-9,12,17-25,29,58H2,1-4H3,(H,64,76)(H,65,78)(H,66,77)(H,67,79)(H,68,80)(H,69,82)(H,70,81)(H4,59,60,61)/t36-,39-,41-,42-,43-,44+,45-,46-,47+/m0/s1. The minimum atomic E-state index is -1.73. The third-order valence-electron chi connectivity index (χ3n) is 14.5. The smallest absolute Gasteiger partial charge is 0.254 e. The number of para-hydroxylation sites is 1. The van der Waals surface area contributed by atoms with E-state index in [9.17, 15) is 58.2 Å². The summed E-state index contributed by atoms with van der Waals surface area (Å²) in [5, 5.41) is 40.2. The minimum Gasteiger partial charge on any atom is -0.508 e. The lowest BCUT2D eigenvalue weighted by Crippen LogP contribution is -2.61. The molecule has 16 N–H and O–H groups in total. The lowest BCUT2D eigenvalue weighted by Gasteiger charge is -2.30. The highest BCUT2D eigenvalue weighted by Crippen LogP contribution is 2.22. The molecule has 2 aromatic heterocycles. The molecule has 9 atom stereocenters. The van der Waals surface area contributed by atoms with Crippen LogP contribution in [0.5, 0.6) is 5.75 Å². The van der Waals surface area contributed by atoms with Gasteiger partial charge in [-0.25, -0.2) is 4.98 Å². The van der Waals surface area contributed by atoms with Crippen molar-refractivity contribution in [3.05, 3.63) is 84.1 Å². The van der Waals surface area contributed by atoms with Gasteiger partial charge in [-0.3, -0.25) is 52.7 Å². The molecule has 0 unspecified atom stereocenters. The third-order valence-corrected chi connectivity index (χ3v) is 14.5. The zero-order valence-electron chi connectivity index (χ0n) is 47.7. The van der Waals surface area contributed by atoms with E-state index in [1.165, 1.54) is 46.3 Å². The van der Waals surface area contributed by atoms with Gasteiger partial charge in [0, 0.05) is 62.1 Å². The fourth-order valence-electron chi connectivity index (χ4n) is 10.1. The predicted molar refractivity (Wildman–Crippen MR) is 308 cm³/mol. The van der Waals surface area contributed by atoms with Gasteiger partial charge in [0.25, 0.3) is 5.91 Å². The fraction of sp³-hybridized carbons (Fsp3) is 0.509. The van der Waals surface area contributed by atoms with Crippen molar-refractivity contribution in [3.63, 3.8) is 0 Å². The maximum Gasteiger partial charge on any atom is 0.254 e. The van der Waals surface area contributed by atoms with Gasteiger partial charge in [0.2, 0.25) is 47.3 Å². The molecule has 2 saturated heterocycles. The van der Waals surface area contributed by atoms with E-state index in [0.29, 0.717) is 43.2 Å². The zero-order valence-corrected chi connectivity index (χ0v) is 47.7. The van der Waals surface area contributed by atoms with E-state index in [4.69, 9.17) is 17.2 Å². The molecule has 0 saturated carbocycles. The highest BCUT2D eigenvalue weighted by molar-refractivity contribution is 5.98. The molecule has 27 nitrogen and oxygen atoms in total. The molecule has 2 aliphatic heterocycles. The number of carbonyl (C=O) groups is 10. The van der Waals surface area contributed by atoms with Crippen molar-refractivity contribution >= 4 is 76.3 Å². The van der Waals surface area contributed by atoms with Crippen LogP contribution < -0.4 is 54.4 Å². The van der Waals surface area contributed by atoms with E-state index < -0.39 is 108 Å². The van der Waals surface area contributed by atoms with E-state index in [2.05, 4.69) is 52.2 Å². The Kier molecular flexibility index (Phi) is 23.4. The normalized spacial score (nSPS) is 17.4. The SMILES string of the molecule is CC(C)C[C@H](NC(=O)[C@@H](CC(C)C)NC(=O)[C@H](Cc1ccc(O)cc1)NC(=O)[C@@H](CO)NC(=O)[C@H](Cc1c[nH]c2ccccc12)NC(=O)[C@@H](N)Cc1cn(C(=O)[C@@H]2CCC(=O)N2)cn1)C(=O)N[C@@H](CCCN=C(N)N)C(=O)N1CCC[C@H]1C=O. The Hall–Kier alpha value is -8.72. The second kappa shape index (κ2) is 30.5. The van der Waals surface area contributed by atoms with Crippen LogP contribution in [0.4, 0.5) is 0 Å². The number of hydrogen-bond donors (Lipinski definition) is 13. The van der Waals surface area contributed by atoms with Crippen molar-refractivity contribution in [2.24, 2.45) is 34.0 Å². The maximum atomic E-state index is 14.6. The van der Waals surface area contributed by atoms with Crippen LogP contribution in [0.1, 0.15) is 101 Å².